The second kappa shape index (κ2) is 6.60. The lowest BCUT2D eigenvalue weighted by molar-refractivity contribution is -0.132. The fraction of sp³-hybridized carbons (Fsp3) is 0.733. The highest BCUT2D eigenvalue weighted by Gasteiger charge is 2.41. The molecule has 2 heterocycles. The number of rotatable bonds is 7. The summed E-state index contributed by atoms with van der Waals surface area (Å²) in [4.78, 5) is 14.3. The number of amides is 1. The lowest BCUT2D eigenvalue weighted by Gasteiger charge is -2.28. The van der Waals surface area contributed by atoms with E-state index < -0.39 is 9.84 Å². The summed E-state index contributed by atoms with van der Waals surface area (Å²) in [6.07, 6.45) is 6.34. The van der Waals surface area contributed by atoms with Crippen molar-refractivity contribution in [2.45, 2.75) is 44.8 Å². The van der Waals surface area contributed by atoms with Crippen molar-refractivity contribution in [1.29, 1.82) is 0 Å². The van der Waals surface area contributed by atoms with Gasteiger partial charge in [-0.3, -0.25) is 9.48 Å². The number of hydrogen-bond acceptors (Lipinski definition) is 5. The van der Waals surface area contributed by atoms with Crippen LogP contribution in [0.5, 0.6) is 0 Å². The van der Waals surface area contributed by atoms with Crippen LogP contribution in [0.4, 0.5) is 0 Å². The Kier molecular flexibility index (Phi) is 4.72. The van der Waals surface area contributed by atoms with Crippen molar-refractivity contribution in [1.82, 2.24) is 20.0 Å². The van der Waals surface area contributed by atoms with Gasteiger partial charge in [-0.2, -0.15) is 5.10 Å². The Balaban J connectivity index is 1.47. The molecule has 7 nitrogen and oxygen atoms in total. The zero-order chi connectivity index (χ0) is 16.4. The summed E-state index contributed by atoms with van der Waals surface area (Å²) in [6, 6.07) is 0.118. The van der Waals surface area contributed by atoms with E-state index in [0.717, 1.165) is 18.4 Å². The van der Waals surface area contributed by atoms with Gasteiger partial charge in [0.15, 0.2) is 9.84 Å². The highest BCUT2D eigenvalue weighted by molar-refractivity contribution is 7.91. The van der Waals surface area contributed by atoms with Crippen molar-refractivity contribution in [2.75, 3.05) is 24.6 Å². The molecule has 0 bridgehead atoms. The molecular weight excluding hydrogens is 316 g/mol. The lowest BCUT2D eigenvalue weighted by atomic mass is 10.2. The van der Waals surface area contributed by atoms with Gasteiger partial charge in [-0.15, -0.1) is 0 Å². The third-order valence-corrected chi connectivity index (χ3v) is 6.14. The summed E-state index contributed by atoms with van der Waals surface area (Å²) in [5, 5.41) is 7.35. The van der Waals surface area contributed by atoms with Gasteiger partial charge in [0, 0.05) is 24.8 Å². The van der Waals surface area contributed by atoms with Gasteiger partial charge in [-0.25, -0.2) is 8.42 Å². The van der Waals surface area contributed by atoms with Gasteiger partial charge in [0.2, 0.25) is 5.91 Å². The second-order valence-corrected chi connectivity index (χ2v) is 8.78. The Morgan fingerprint density at radius 1 is 1.39 bits per heavy atom. The van der Waals surface area contributed by atoms with E-state index in [-0.39, 0.29) is 36.0 Å². The molecule has 0 radical (unpaired) electrons. The lowest BCUT2D eigenvalue weighted by Crippen LogP contribution is -2.46. The average Bonchev–Trinajstić information content (AvgIpc) is 3.12. The first-order valence-electron chi connectivity index (χ1n) is 8.16. The molecule has 1 N–H and O–H groups in total. The number of aryl methyl sites for hydroxylation is 1. The highest BCUT2D eigenvalue weighted by Crippen LogP contribution is 2.32. The predicted octanol–water partition coefficient (Wildman–Crippen LogP) is -0.0408. The molecule has 1 amide bonds. The summed E-state index contributed by atoms with van der Waals surface area (Å²) >= 11 is 0. The zero-order valence-electron chi connectivity index (χ0n) is 13.4. The van der Waals surface area contributed by atoms with Crippen LogP contribution in [-0.2, 0) is 21.2 Å². The Hall–Kier alpha value is -1.41. The molecule has 1 saturated carbocycles. The Morgan fingerprint density at radius 2 is 2.17 bits per heavy atom. The predicted molar refractivity (Wildman–Crippen MR) is 86.8 cm³/mol. The summed E-state index contributed by atoms with van der Waals surface area (Å²) < 4.78 is 25.2. The van der Waals surface area contributed by atoms with E-state index in [0.29, 0.717) is 19.5 Å². The third-order valence-electron chi connectivity index (χ3n) is 4.39. The molecule has 1 saturated heterocycles. The zero-order valence-corrected chi connectivity index (χ0v) is 14.3. The van der Waals surface area contributed by atoms with Crippen LogP contribution in [0.2, 0.25) is 0 Å². The van der Waals surface area contributed by atoms with Crippen molar-refractivity contribution in [2.24, 2.45) is 0 Å². The van der Waals surface area contributed by atoms with E-state index >= 15 is 0 Å². The average molecular weight is 340 g/mol. The Morgan fingerprint density at radius 3 is 2.74 bits per heavy atom. The molecule has 8 heteroatoms. The maximum Gasteiger partial charge on any atom is 0.237 e. The molecule has 23 heavy (non-hydrogen) atoms. The molecule has 2 fully saturated rings. The molecule has 2 aliphatic rings. The van der Waals surface area contributed by atoms with Gasteiger partial charge in [-0.05, 0) is 31.7 Å². The monoisotopic (exact) mass is 340 g/mol. The van der Waals surface area contributed by atoms with Crippen LogP contribution in [0.25, 0.3) is 0 Å². The van der Waals surface area contributed by atoms with Gasteiger partial charge in [-0.1, -0.05) is 0 Å². The standard InChI is InChI=1S/C15H24N4O3S/c1-12-8-17-18(10-12)6-5-16-9-15(20)19(13-2-3-13)14-4-7-23(21,22)11-14/h8,10,13-14,16H,2-7,9,11H2,1H3/t14-/m0/s1. The van der Waals surface area contributed by atoms with Gasteiger partial charge >= 0.3 is 0 Å². The van der Waals surface area contributed by atoms with Crippen molar-refractivity contribution < 1.29 is 13.2 Å². The summed E-state index contributed by atoms with van der Waals surface area (Å²) in [7, 11) is -2.96. The second-order valence-electron chi connectivity index (χ2n) is 6.55. The largest absolute Gasteiger partial charge is 0.335 e. The molecule has 0 spiro atoms. The minimum atomic E-state index is -2.96. The van der Waals surface area contributed by atoms with E-state index in [1.807, 2.05) is 22.7 Å². The van der Waals surface area contributed by atoms with Crippen molar-refractivity contribution in [3.05, 3.63) is 18.0 Å². The van der Waals surface area contributed by atoms with E-state index in [4.69, 9.17) is 0 Å². The van der Waals surface area contributed by atoms with Crippen LogP contribution in [0.3, 0.4) is 0 Å². The number of sulfone groups is 1. The Bertz CT molecular complexity index is 666. The number of carbonyl (C=O) groups excluding carboxylic acids is 1. The molecule has 1 aliphatic carbocycles. The van der Waals surface area contributed by atoms with Gasteiger partial charge in [0.05, 0.1) is 30.8 Å². The van der Waals surface area contributed by atoms with Crippen LogP contribution in [0, 0.1) is 6.92 Å². The molecular formula is C15H24N4O3S. The van der Waals surface area contributed by atoms with E-state index in [9.17, 15) is 13.2 Å². The third kappa shape index (κ3) is 4.32. The van der Waals surface area contributed by atoms with Crippen molar-refractivity contribution >= 4 is 15.7 Å². The van der Waals surface area contributed by atoms with Gasteiger partial charge in [0.25, 0.3) is 0 Å². The van der Waals surface area contributed by atoms with Gasteiger partial charge < -0.3 is 10.2 Å². The van der Waals surface area contributed by atoms with E-state index in [1.165, 1.54) is 0 Å². The van der Waals surface area contributed by atoms with Crippen LogP contribution in [0.1, 0.15) is 24.8 Å². The SMILES string of the molecule is Cc1cnn(CCNCC(=O)N(C2CC2)[C@H]2CCS(=O)(=O)C2)c1. The summed E-state index contributed by atoms with van der Waals surface area (Å²) in [6.45, 7) is 3.62. The molecule has 0 aromatic carbocycles. The summed E-state index contributed by atoms with van der Waals surface area (Å²) in [5.41, 5.74) is 1.11. The number of aromatic nitrogens is 2. The molecule has 0 unspecified atom stereocenters. The van der Waals surface area contributed by atoms with Crippen molar-refractivity contribution in [3.63, 3.8) is 0 Å². The maximum absolute atomic E-state index is 12.5. The summed E-state index contributed by atoms with van der Waals surface area (Å²) in [5.74, 6) is 0.355. The fourth-order valence-electron chi connectivity index (χ4n) is 3.12. The van der Waals surface area contributed by atoms with Gasteiger partial charge in [0.1, 0.15) is 0 Å². The topological polar surface area (TPSA) is 84.3 Å². The molecule has 1 aliphatic heterocycles. The smallest absolute Gasteiger partial charge is 0.237 e. The quantitative estimate of drug-likeness (QED) is 0.704. The number of carbonyl (C=O) groups is 1. The molecule has 3 rings (SSSR count). The first-order valence-corrected chi connectivity index (χ1v) is 9.98. The molecule has 1 atom stereocenters. The maximum atomic E-state index is 12.5. The van der Waals surface area contributed by atoms with E-state index in [1.54, 1.807) is 6.20 Å². The number of nitrogens with one attached hydrogen (secondary N) is 1. The Labute approximate surface area is 137 Å². The molecule has 1 aromatic heterocycles. The number of hydrogen-bond donors (Lipinski definition) is 1. The highest BCUT2D eigenvalue weighted by atomic mass is 32.2. The first kappa shape index (κ1) is 16.4. The first-order chi connectivity index (χ1) is 10.9. The van der Waals surface area contributed by atoms with E-state index in [2.05, 4.69) is 10.4 Å². The van der Waals surface area contributed by atoms with Crippen LogP contribution in [0.15, 0.2) is 12.4 Å². The van der Waals surface area contributed by atoms with Crippen LogP contribution >= 0.6 is 0 Å². The molecule has 1 aromatic rings. The minimum Gasteiger partial charge on any atom is -0.335 e. The molecule has 128 valence electrons. The van der Waals surface area contributed by atoms with Crippen molar-refractivity contribution in [3.8, 4) is 0 Å². The normalized spacial score (nSPS) is 23.1. The minimum absolute atomic E-state index is 0.0197. The van der Waals surface area contributed by atoms with Crippen LogP contribution in [-0.4, -0.2) is 65.7 Å². The number of nitrogens with zero attached hydrogens (tertiary/aromatic N) is 3. The van der Waals surface area contributed by atoms with Crippen LogP contribution < -0.4 is 5.32 Å². The fourth-order valence-corrected chi connectivity index (χ4v) is 4.83.